The maximum Gasteiger partial charge on any atom is 0.293 e. The number of rotatable bonds is 2. The molecule has 3 unspecified atom stereocenters. The number of fused-ring (bicyclic) bond motifs is 1. The molecular formula is C11H18O2. The van der Waals surface area contributed by atoms with E-state index in [1.165, 1.54) is 38.5 Å². The van der Waals surface area contributed by atoms with E-state index in [1.807, 2.05) is 0 Å². The summed E-state index contributed by atoms with van der Waals surface area (Å²) in [5.74, 6) is 1.54. The molecule has 2 heteroatoms. The van der Waals surface area contributed by atoms with Crippen LogP contribution >= 0.6 is 0 Å². The van der Waals surface area contributed by atoms with Gasteiger partial charge in [-0.15, -0.1) is 0 Å². The lowest BCUT2D eigenvalue weighted by atomic mass is 9.69. The lowest BCUT2D eigenvalue weighted by Gasteiger charge is -2.40. The third kappa shape index (κ3) is 1.87. The minimum absolute atomic E-state index is 0.247. The predicted molar refractivity (Wildman–Crippen MR) is 50.2 cm³/mol. The van der Waals surface area contributed by atoms with Crippen molar-refractivity contribution in [2.75, 3.05) is 0 Å². The van der Waals surface area contributed by atoms with Crippen molar-refractivity contribution in [3.63, 3.8) is 0 Å². The van der Waals surface area contributed by atoms with Crippen LogP contribution in [0.15, 0.2) is 0 Å². The number of carbonyl (C=O) groups is 1. The van der Waals surface area contributed by atoms with Crippen LogP contribution in [-0.2, 0) is 9.53 Å². The highest BCUT2D eigenvalue weighted by Crippen LogP contribution is 2.41. The second-order valence-corrected chi connectivity index (χ2v) is 4.41. The molecule has 0 aromatic carbocycles. The van der Waals surface area contributed by atoms with E-state index in [4.69, 9.17) is 4.74 Å². The van der Waals surface area contributed by atoms with Gasteiger partial charge in [-0.3, -0.25) is 4.79 Å². The fourth-order valence-electron chi connectivity index (χ4n) is 3.12. The van der Waals surface area contributed by atoms with Crippen LogP contribution in [-0.4, -0.2) is 12.6 Å². The Morgan fingerprint density at radius 2 is 1.77 bits per heavy atom. The fraction of sp³-hybridized carbons (Fsp3) is 0.909. The zero-order valence-electron chi connectivity index (χ0n) is 8.08. The highest BCUT2D eigenvalue weighted by molar-refractivity contribution is 5.37. The molecule has 0 saturated heterocycles. The number of hydrogen-bond acceptors (Lipinski definition) is 2. The monoisotopic (exact) mass is 182 g/mol. The average Bonchev–Trinajstić information content (AvgIpc) is 2.19. The summed E-state index contributed by atoms with van der Waals surface area (Å²) in [6.07, 6.45) is 9.32. The molecule has 0 aliphatic heterocycles. The second kappa shape index (κ2) is 4.12. The summed E-state index contributed by atoms with van der Waals surface area (Å²) in [6, 6.07) is 0. The van der Waals surface area contributed by atoms with Gasteiger partial charge in [0, 0.05) is 0 Å². The molecule has 2 saturated carbocycles. The van der Waals surface area contributed by atoms with E-state index in [-0.39, 0.29) is 6.10 Å². The van der Waals surface area contributed by atoms with Gasteiger partial charge in [-0.05, 0) is 37.5 Å². The van der Waals surface area contributed by atoms with Gasteiger partial charge >= 0.3 is 0 Å². The maximum absolute atomic E-state index is 10.3. The summed E-state index contributed by atoms with van der Waals surface area (Å²) < 4.78 is 5.17. The SMILES string of the molecule is O=COC1CCCC2CCCCC21. The molecule has 0 bridgehead atoms. The number of ether oxygens (including phenoxy) is 1. The van der Waals surface area contributed by atoms with Gasteiger partial charge in [0.05, 0.1) is 0 Å². The van der Waals surface area contributed by atoms with Gasteiger partial charge in [-0.1, -0.05) is 19.3 Å². The molecule has 0 amide bonds. The predicted octanol–water partition coefficient (Wildman–Crippen LogP) is 2.52. The minimum Gasteiger partial charge on any atom is -0.464 e. The van der Waals surface area contributed by atoms with Crippen molar-refractivity contribution in [2.24, 2.45) is 11.8 Å². The zero-order chi connectivity index (χ0) is 9.10. The average molecular weight is 182 g/mol. The van der Waals surface area contributed by atoms with E-state index in [9.17, 15) is 4.79 Å². The van der Waals surface area contributed by atoms with Crippen LogP contribution in [0.5, 0.6) is 0 Å². The van der Waals surface area contributed by atoms with Crippen molar-refractivity contribution in [1.29, 1.82) is 0 Å². The molecule has 0 aromatic rings. The van der Waals surface area contributed by atoms with Gasteiger partial charge in [-0.2, -0.15) is 0 Å². The Kier molecular flexibility index (Phi) is 2.87. The van der Waals surface area contributed by atoms with Crippen LogP contribution in [0.25, 0.3) is 0 Å². The lowest BCUT2D eigenvalue weighted by molar-refractivity contribution is -0.140. The van der Waals surface area contributed by atoms with Crippen molar-refractivity contribution in [3.8, 4) is 0 Å². The first-order valence-electron chi connectivity index (χ1n) is 5.51. The van der Waals surface area contributed by atoms with Crippen LogP contribution in [0.3, 0.4) is 0 Å². The van der Waals surface area contributed by atoms with E-state index in [0.717, 1.165) is 12.3 Å². The van der Waals surface area contributed by atoms with E-state index < -0.39 is 0 Å². The first-order chi connectivity index (χ1) is 6.42. The van der Waals surface area contributed by atoms with Crippen LogP contribution in [0.1, 0.15) is 44.9 Å². The molecule has 2 aliphatic rings. The topological polar surface area (TPSA) is 26.3 Å². The van der Waals surface area contributed by atoms with Gasteiger partial charge in [0.25, 0.3) is 6.47 Å². The van der Waals surface area contributed by atoms with Gasteiger partial charge in [0.2, 0.25) is 0 Å². The fourth-order valence-corrected chi connectivity index (χ4v) is 3.12. The molecule has 3 atom stereocenters. The maximum atomic E-state index is 10.3. The highest BCUT2D eigenvalue weighted by Gasteiger charge is 2.35. The summed E-state index contributed by atoms with van der Waals surface area (Å²) in [7, 11) is 0. The molecule has 2 fully saturated rings. The summed E-state index contributed by atoms with van der Waals surface area (Å²) in [4.78, 5) is 10.3. The molecule has 2 aliphatic carbocycles. The van der Waals surface area contributed by atoms with E-state index in [0.29, 0.717) is 12.4 Å². The van der Waals surface area contributed by atoms with Crippen molar-refractivity contribution in [1.82, 2.24) is 0 Å². The Labute approximate surface area is 79.7 Å². The molecule has 0 heterocycles. The first-order valence-corrected chi connectivity index (χ1v) is 5.51. The Morgan fingerprint density at radius 3 is 2.62 bits per heavy atom. The highest BCUT2D eigenvalue weighted by atomic mass is 16.5. The molecule has 0 aromatic heterocycles. The summed E-state index contributed by atoms with van der Waals surface area (Å²) >= 11 is 0. The van der Waals surface area contributed by atoms with Gasteiger partial charge in [-0.25, -0.2) is 0 Å². The number of carbonyl (C=O) groups excluding carboxylic acids is 1. The normalized spacial score (nSPS) is 39.2. The molecule has 0 spiro atoms. The van der Waals surface area contributed by atoms with Crippen LogP contribution in [0.4, 0.5) is 0 Å². The number of hydrogen-bond donors (Lipinski definition) is 0. The third-order valence-electron chi connectivity index (χ3n) is 3.74. The zero-order valence-corrected chi connectivity index (χ0v) is 8.08. The summed E-state index contributed by atoms with van der Waals surface area (Å²) in [5, 5.41) is 0. The largest absolute Gasteiger partial charge is 0.464 e. The van der Waals surface area contributed by atoms with Gasteiger partial charge in [0.1, 0.15) is 6.10 Å². The Hall–Kier alpha value is -0.530. The van der Waals surface area contributed by atoms with Gasteiger partial charge in [0.15, 0.2) is 0 Å². The molecule has 74 valence electrons. The molecule has 0 radical (unpaired) electrons. The standard InChI is InChI=1S/C11H18O2/c12-8-13-11-7-3-5-9-4-1-2-6-10(9)11/h8-11H,1-7H2. The van der Waals surface area contributed by atoms with Crippen LogP contribution in [0.2, 0.25) is 0 Å². The van der Waals surface area contributed by atoms with E-state index >= 15 is 0 Å². The van der Waals surface area contributed by atoms with Crippen molar-refractivity contribution in [3.05, 3.63) is 0 Å². The van der Waals surface area contributed by atoms with Gasteiger partial charge < -0.3 is 4.74 Å². The third-order valence-corrected chi connectivity index (χ3v) is 3.74. The second-order valence-electron chi connectivity index (χ2n) is 4.41. The van der Waals surface area contributed by atoms with Crippen LogP contribution in [0, 0.1) is 11.8 Å². The Morgan fingerprint density at radius 1 is 1.00 bits per heavy atom. The summed E-state index contributed by atoms with van der Waals surface area (Å²) in [5.41, 5.74) is 0. The van der Waals surface area contributed by atoms with Crippen LogP contribution < -0.4 is 0 Å². The Balaban J connectivity index is 1.98. The molecular weight excluding hydrogens is 164 g/mol. The minimum atomic E-state index is 0.247. The quantitative estimate of drug-likeness (QED) is 0.613. The lowest BCUT2D eigenvalue weighted by Crippen LogP contribution is -2.36. The molecule has 2 rings (SSSR count). The first kappa shape index (κ1) is 9.04. The molecule has 0 N–H and O–H groups in total. The summed E-state index contributed by atoms with van der Waals surface area (Å²) in [6.45, 7) is 0.641. The van der Waals surface area contributed by atoms with Crippen molar-refractivity contribution < 1.29 is 9.53 Å². The van der Waals surface area contributed by atoms with Crippen molar-refractivity contribution in [2.45, 2.75) is 51.0 Å². The molecule has 2 nitrogen and oxygen atoms in total. The smallest absolute Gasteiger partial charge is 0.293 e. The van der Waals surface area contributed by atoms with Crippen molar-refractivity contribution >= 4 is 6.47 Å². The van der Waals surface area contributed by atoms with E-state index in [1.54, 1.807) is 0 Å². The van der Waals surface area contributed by atoms with E-state index in [2.05, 4.69) is 0 Å². The molecule has 13 heavy (non-hydrogen) atoms. The Bertz CT molecular complexity index is 177.